The van der Waals surface area contributed by atoms with E-state index in [1.165, 1.54) is 38.2 Å². The molecule has 0 aliphatic heterocycles. The Labute approximate surface area is 150 Å². The van der Waals surface area contributed by atoms with Crippen molar-refractivity contribution < 1.29 is 9.18 Å². The number of hydrogen-bond donors (Lipinski definition) is 3. The second kappa shape index (κ2) is 7.11. The summed E-state index contributed by atoms with van der Waals surface area (Å²) >= 11 is 0. The molecule has 3 heterocycles. The number of carbonyl (C=O) groups is 1. The Bertz CT molecular complexity index is 915. The van der Waals surface area contributed by atoms with E-state index in [1.807, 2.05) is 12.1 Å². The van der Waals surface area contributed by atoms with Crippen LogP contribution >= 0.6 is 0 Å². The fraction of sp³-hybridized carbons (Fsp3) is 0.316. The van der Waals surface area contributed by atoms with Gasteiger partial charge in [-0.2, -0.15) is 0 Å². The van der Waals surface area contributed by atoms with Gasteiger partial charge in [0.05, 0.1) is 23.8 Å². The number of nitrogens with one attached hydrogen (secondary N) is 3. The molecule has 3 aromatic rings. The first kappa shape index (κ1) is 16.5. The van der Waals surface area contributed by atoms with Crippen LogP contribution < -0.4 is 10.6 Å². The largest absolute Gasteiger partial charge is 0.344 e. The van der Waals surface area contributed by atoms with Crippen LogP contribution in [0.25, 0.3) is 11.0 Å². The van der Waals surface area contributed by atoms with Crippen molar-refractivity contribution in [3.63, 3.8) is 0 Å². The quantitative estimate of drug-likeness (QED) is 0.633. The van der Waals surface area contributed by atoms with Gasteiger partial charge in [0.1, 0.15) is 11.5 Å². The molecule has 0 aromatic carbocycles. The number of halogens is 1. The van der Waals surface area contributed by atoms with Gasteiger partial charge in [-0.3, -0.25) is 4.98 Å². The lowest BCUT2D eigenvalue weighted by Crippen LogP contribution is -2.19. The molecule has 1 fully saturated rings. The maximum Gasteiger partial charge on any atom is 0.323 e. The summed E-state index contributed by atoms with van der Waals surface area (Å²) in [5.74, 6) is 0.0725. The van der Waals surface area contributed by atoms with Crippen molar-refractivity contribution in [3.8, 4) is 0 Å². The number of H-pyrrole nitrogens is 1. The van der Waals surface area contributed by atoms with Crippen molar-refractivity contribution in [2.45, 2.75) is 38.0 Å². The Morgan fingerprint density at radius 1 is 1.12 bits per heavy atom. The van der Waals surface area contributed by atoms with E-state index in [2.05, 4.69) is 25.6 Å². The normalized spacial score (nSPS) is 15.1. The van der Waals surface area contributed by atoms with Crippen molar-refractivity contribution in [1.29, 1.82) is 0 Å². The summed E-state index contributed by atoms with van der Waals surface area (Å²) in [6.07, 6.45) is 10.6. The van der Waals surface area contributed by atoms with Crippen LogP contribution in [0.4, 0.5) is 20.6 Å². The predicted molar refractivity (Wildman–Crippen MR) is 98.8 cm³/mol. The number of urea groups is 1. The summed E-state index contributed by atoms with van der Waals surface area (Å²) in [5, 5.41) is 5.97. The van der Waals surface area contributed by atoms with Crippen LogP contribution in [0, 0.1) is 5.82 Å². The summed E-state index contributed by atoms with van der Waals surface area (Å²) < 4.78 is 13.4. The minimum Gasteiger partial charge on any atom is -0.344 e. The van der Waals surface area contributed by atoms with Crippen LogP contribution in [0.15, 0.2) is 36.8 Å². The molecule has 134 valence electrons. The molecule has 3 N–H and O–H groups in total. The Morgan fingerprint density at radius 2 is 1.96 bits per heavy atom. The number of fused-ring (bicyclic) bond motifs is 1. The van der Waals surface area contributed by atoms with Crippen LogP contribution in [0.1, 0.15) is 43.7 Å². The predicted octanol–water partition coefficient (Wildman–Crippen LogP) is 4.79. The molecule has 7 heteroatoms. The lowest BCUT2D eigenvalue weighted by molar-refractivity contribution is 0.262. The minimum atomic E-state index is -0.456. The molecule has 0 bridgehead atoms. The summed E-state index contributed by atoms with van der Waals surface area (Å²) in [6, 6.07) is 4.76. The number of rotatable bonds is 3. The number of aromatic amines is 1. The highest BCUT2D eigenvalue weighted by atomic mass is 19.1. The smallest absolute Gasteiger partial charge is 0.323 e. The average molecular weight is 353 g/mol. The average Bonchev–Trinajstić information content (AvgIpc) is 3.05. The summed E-state index contributed by atoms with van der Waals surface area (Å²) in [6.45, 7) is 0. The van der Waals surface area contributed by atoms with E-state index in [4.69, 9.17) is 0 Å². The van der Waals surface area contributed by atoms with Gasteiger partial charge in [0.2, 0.25) is 0 Å². The standard InChI is InChI=1S/C19H20FN5O/c20-13-8-15-17(11-23-18(15)22-9-13)25-19(26)24-14-6-7-16(21-10-14)12-4-2-1-3-5-12/h6-12H,1-5H2,(H,22,23)(H2,24,25,26). The number of anilines is 2. The van der Waals surface area contributed by atoms with Gasteiger partial charge in [-0.25, -0.2) is 14.2 Å². The molecule has 1 aliphatic carbocycles. The van der Waals surface area contributed by atoms with E-state index in [0.717, 1.165) is 11.9 Å². The van der Waals surface area contributed by atoms with Crippen molar-refractivity contribution in [1.82, 2.24) is 15.0 Å². The molecule has 1 aliphatic rings. The van der Waals surface area contributed by atoms with Gasteiger partial charge in [0.15, 0.2) is 0 Å². The minimum absolute atomic E-state index is 0.414. The van der Waals surface area contributed by atoms with Crippen molar-refractivity contribution in [2.75, 3.05) is 10.6 Å². The van der Waals surface area contributed by atoms with E-state index < -0.39 is 11.8 Å². The zero-order valence-corrected chi connectivity index (χ0v) is 14.3. The zero-order chi connectivity index (χ0) is 17.9. The molecule has 0 atom stereocenters. The second-order valence-corrected chi connectivity index (χ2v) is 6.64. The lowest BCUT2D eigenvalue weighted by atomic mass is 9.87. The first-order chi connectivity index (χ1) is 12.7. The van der Waals surface area contributed by atoms with E-state index in [1.54, 1.807) is 12.4 Å². The number of carbonyl (C=O) groups excluding carboxylic acids is 1. The van der Waals surface area contributed by atoms with Crippen LogP contribution in [0.2, 0.25) is 0 Å². The fourth-order valence-electron chi connectivity index (χ4n) is 3.49. The zero-order valence-electron chi connectivity index (χ0n) is 14.3. The Hall–Kier alpha value is -2.96. The Kier molecular flexibility index (Phi) is 4.51. The number of nitrogens with zero attached hydrogens (tertiary/aromatic N) is 2. The molecule has 1 saturated carbocycles. The van der Waals surface area contributed by atoms with E-state index in [9.17, 15) is 9.18 Å². The van der Waals surface area contributed by atoms with Gasteiger partial charge in [0.25, 0.3) is 0 Å². The highest BCUT2D eigenvalue weighted by molar-refractivity contribution is 6.05. The number of hydrogen-bond acceptors (Lipinski definition) is 3. The Morgan fingerprint density at radius 3 is 2.73 bits per heavy atom. The third kappa shape index (κ3) is 3.51. The third-order valence-corrected chi connectivity index (χ3v) is 4.81. The number of aromatic nitrogens is 3. The van der Waals surface area contributed by atoms with Crippen molar-refractivity contribution in [2.24, 2.45) is 0 Å². The molecule has 6 nitrogen and oxygen atoms in total. The topological polar surface area (TPSA) is 82.7 Å². The highest BCUT2D eigenvalue weighted by Gasteiger charge is 2.16. The number of pyridine rings is 2. The fourth-order valence-corrected chi connectivity index (χ4v) is 3.49. The van der Waals surface area contributed by atoms with E-state index in [-0.39, 0.29) is 0 Å². The molecule has 3 aromatic heterocycles. The van der Waals surface area contributed by atoms with Crippen LogP contribution in [0.3, 0.4) is 0 Å². The molecule has 0 saturated heterocycles. The van der Waals surface area contributed by atoms with Crippen LogP contribution in [-0.2, 0) is 0 Å². The highest BCUT2D eigenvalue weighted by Crippen LogP contribution is 2.31. The third-order valence-electron chi connectivity index (χ3n) is 4.81. The van der Waals surface area contributed by atoms with Gasteiger partial charge in [-0.1, -0.05) is 19.3 Å². The second-order valence-electron chi connectivity index (χ2n) is 6.64. The summed E-state index contributed by atoms with van der Waals surface area (Å²) in [5.41, 5.74) is 2.69. The van der Waals surface area contributed by atoms with Crippen LogP contribution in [-0.4, -0.2) is 21.0 Å². The maximum atomic E-state index is 13.4. The van der Waals surface area contributed by atoms with Gasteiger partial charge in [-0.05, 0) is 31.0 Å². The molecule has 0 spiro atoms. The Balaban J connectivity index is 1.41. The first-order valence-corrected chi connectivity index (χ1v) is 8.85. The molecular weight excluding hydrogens is 333 g/mol. The molecule has 26 heavy (non-hydrogen) atoms. The van der Waals surface area contributed by atoms with Gasteiger partial charge in [-0.15, -0.1) is 0 Å². The summed E-state index contributed by atoms with van der Waals surface area (Å²) in [4.78, 5) is 23.6. The van der Waals surface area contributed by atoms with Crippen molar-refractivity contribution >= 4 is 28.4 Å². The van der Waals surface area contributed by atoms with Gasteiger partial charge in [0, 0.05) is 23.2 Å². The van der Waals surface area contributed by atoms with E-state index in [0.29, 0.717) is 28.3 Å². The van der Waals surface area contributed by atoms with E-state index >= 15 is 0 Å². The summed E-state index contributed by atoms with van der Waals surface area (Å²) in [7, 11) is 0. The lowest BCUT2D eigenvalue weighted by Gasteiger charge is -2.21. The maximum absolute atomic E-state index is 13.4. The molecule has 2 amide bonds. The first-order valence-electron chi connectivity index (χ1n) is 8.85. The van der Waals surface area contributed by atoms with Gasteiger partial charge < -0.3 is 15.6 Å². The molecule has 4 rings (SSSR count). The molecule has 0 radical (unpaired) electrons. The molecule has 0 unspecified atom stereocenters. The SMILES string of the molecule is O=C(Nc1ccc(C2CCCCC2)nc1)Nc1c[nH]c2ncc(F)cc12. The van der Waals surface area contributed by atoms with Crippen molar-refractivity contribution in [3.05, 3.63) is 48.3 Å². The monoisotopic (exact) mass is 353 g/mol. The molecular formula is C19H20FN5O. The van der Waals surface area contributed by atoms with Gasteiger partial charge >= 0.3 is 6.03 Å². The van der Waals surface area contributed by atoms with Crippen LogP contribution in [0.5, 0.6) is 0 Å². The number of amides is 2.